The molecule has 0 aliphatic heterocycles. The van der Waals surface area contributed by atoms with Crippen LogP contribution in [0.2, 0.25) is 3.36 Å². The van der Waals surface area contributed by atoms with E-state index in [1.54, 1.807) is 0 Å². The number of nitriles is 1. The molecule has 0 atom stereocenters. The van der Waals surface area contributed by atoms with E-state index in [0.29, 0.717) is 0 Å². The van der Waals surface area contributed by atoms with E-state index in [9.17, 15) is 5.26 Å². The van der Waals surface area contributed by atoms with Crippen molar-refractivity contribution in [1.29, 1.82) is 5.26 Å². The summed E-state index contributed by atoms with van der Waals surface area (Å²) in [5.74, 6) is 0. The second kappa shape index (κ2) is 5.59. The molecule has 0 spiro atoms. The average molecular weight is 344 g/mol. The van der Waals surface area contributed by atoms with E-state index in [1.807, 2.05) is 12.1 Å². The molecule has 0 fully saturated rings. The Bertz CT molecular complexity index is 501. The summed E-state index contributed by atoms with van der Waals surface area (Å²) < 4.78 is 2.50. The second-order valence-corrected chi connectivity index (χ2v) is 12.7. The van der Waals surface area contributed by atoms with Crippen LogP contribution in [-0.4, -0.2) is 20.2 Å². The van der Waals surface area contributed by atoms with Crippen LogP contribution in [-0.2, 0) is 0 Å². The van der Waals surface area contributed by atoms with Crippen molar-refractivity contribution in [2.45, 2.75) is 17.2 Å². The van der Waals surface area contributed by atoms with Crippen LogP contribution in [0.1, 0.15) is 13.8 Å². The molecule has 2 aromatic rings. The zero-order valence-corrected chi connectivity index (χ0v) is 13.2. The first-order valence-electron chi connectivity index (χ1n) is 5.97. The number of nitrogens with zero attached hydrogens (tertiary/aromatic N) is 1. The fourth-order valence-corrected chi connectivity index (χ4v) is 9.50. The molecule has 0 saturated heterocycles. The number of hydrogen-bond acceptors (Lipinski definition) is 1. The van der Waals surface area contributed by atoms with Crippen molar-refractivity contribution in [3.05, 3.63) is 60.7 Å². The third-order valence-electron chi connectivity index (χ3n) is 2.86. The van der Waals surface area contributed by atoms with E-state index >= 15 is 0 Å². The number of hydrogen-bond donors (Lipinski definition) is 0. The van der Waals surface area contributed by atoms with Gasteiger partial charge in [0.15, 0.2) is 0 Å². The molecule has 0 aliphatic carbocycles. The maximum atomic E-state index is 9.48. The predicted octanol–water partition coefficient (Wildman–Crippen LogP) is 2.60. The van der Waals surface area contributed by atoms with Crippen LogP contribution in [0, 0.1) is 11.3 Å². The maximum absolute atomic E-state index is 9.48. The van der Waals surface area contributed by atoms with Gasteiger partial charge in [-0.15, -0.1) is 0 Å². The molecule has 0 amide bonds. The van der Waals surface area contributed by atoms with Crippen LogP contribution in [0.25, 0.3) is 0 Å². The molecule has 0 aromatic heterocycles. The Morgan fingerprint density at radius 2 is 1.22 bits per heavy atom. The zero-order chi connectivity index (χ0) is 13.0. The molecule has 1 nitrogen and oxygen atoms in total. The summed E-state index contributed by atoms with van der Waals surface area (Å²) in [6, 6.07) is 23.6. The quantitative estimate of drug-likeness (QED) is 0.786. The minimum absolute atomic E-state index is 0.245. The summed E-state index contributed by atoms with van der Waals surface area (Å²) >= 11 is -2.04. The van der Waals surface area contributed by atoms with Gasteiger partial charge in [0.25, 0.3) is 0 Å². The summed E-state index contributed by atoms with van der Waals surface area (Å²) in [7, 11) is 0. The molecule has 0 saturated carbocycles. The molecular weight excluding hydrogens is 328 g/mol. The van der Waals surface area contributed by atoms with Crippen LogP contribution in [0.5, 0.6) is 0 Å². The molecular formula is C16H16NSb. The van der Waals surface area contributed by atoms with E-state index in [-0.39, 0.29) is 3.36 Å². The van der Waals surface area contributed by atoms with E-state index in [2.05, 4.69) is 68.4 Å². The molecule has 0 radical (unpaired) electrons. The first-order chi connectivity index (χ1) is 8.65. The van der Waals surface area contributed by atoms with Crippen molar-refractivity contribution < 1.29 is 0 Å². The summed E-state index contributed by atoms with van der Waals surface area (Å²) in [4.78, 5) is 0. The van der Waals surface area contributed by atoms with Gasteiger partial charge in [-0.25, -0.2) is 0 Å². The van der Waals surface area contributed by atoms with Crippen LogP contribution in [0.3, 0.4) is 0 Å². The molecule has 18 heavy (non-hydrogen) atoms. The van der Waals surface area contributed by atoms with Crippen molar-refractivity contribution >= 4 is 27.2 Å². The summed E-state index contributed by atoms with van der Waals surface area (Å²) in [5.41, 5.74) is 0. The molecule has 0 unspecified atom stereocenters. The Kier molecular flexibility index (Phi) is 4.10. The first-order valence-corrected chi connectivity index (χ1v) is 9.79. The molecule has 0 bridgehead atoms. The number of benzene rings is 2. The van der Waals surface area contributed by atoms with Gasteiger partial charge in [-0.1, -0.05) is 0 Å². The van der Waals surface area contributed by atoms with E-state index in [1.165, 1.54) is 7.02 Å². The van der Waals surface area contributed by atoms with Crippen molar-refractivity contribution in [3.8, 4) is 6.07 Å². The van der Waals surface area contributed by atoms with Gasteiger partial charge in [0.05, 0.1) is 0 Å². The van der Waals surface area contributed by atoms with Crippen molar-refractivity contribution in [2.24, 2.45) is 0 Å². The Balaban J connectivity index is 2.53. The SMILES string of the molecule is C[C](C)(C#N)[Sb]([c]1ccccc1)[c]1ccccc1. The monoisotopic (exact) mass is 343 g/mol. The normalized spacial score (nSPS) is 11.2. The summed E-state index contributed by atoms with van der Waals surface area (Å²) in [6.07, 6.45) is 0. The Hall–Kier alpha value is -1.25. The van der Waals surface area contributed by atoms with Crippen molar-refractivity contribution in [3.63, 3.8) is 0 Å². The molecule has 0 aliphatic rings. The average Bonchev–Trinajstić information content (AvgIpc) is 2.41. The van der Waals surface area contributed by atoms with Crippen molar-refractivity contribution in [2.75, 3.05) is 0 Å². The standard InChI is InChI=1S/2C6H5.C4H6N.Sb/c2*1-2-4-6-5-3-1;1-4(2)3-5;/h2*1-5H;1-2H3;. The second-order valence-electron chi connectivity index (χ2n) is 4.68. The fourth-order valence-electron chi connectivity index (χ4n) is 2.00. The van der Waals surface area contributed by atoms with Gasteiger partial charge in [0.2, 0.25) is 0 Å². The van der Waals surface area contributed by atoms with Gasteiger partial charge in [0.1, 0.15) is 0 Å². The Labute approximate surface area is 116 Å². The van der Waals surface area contributed by atoms with Gasteiger partial charge < -0.3 is 0 Å². The van der Waals surface area contributed by atoms with Gasteiger partial charge in [0, 0.05) is 0 Å². The molecule has 2 aromatic carbocycles. The van der Waals surface area contributed by atoms with Crippen LogP contribution in [0.4, 0.5) is 0 Å². The van der Waals surface area contributed by atoms with Crippen molar-refractivity contribution in [1.82, 2.24) is 0 Å². The van der Waals surface area contributed by atoms with E-state index in [0.717, 1.165) is 0 Å². The molecule has 90 valence electrons. The first kappa shape index (κ1) is 13.2. The molecule has 0 heterocycles. The van der Waals surface area contributed by atoms with Gasteiger partial charge in [-0.05, 0) is 0 Å². The predicted molar refractivity (Wildman–Crippen MR) is 77.6 cm³/mol. The third-order valence-corrected chi connectivity index (χ3v) is 11.0. The molecule has 2 heteroatoms. The van der Waals surface area contributed by atoms with Gasteiger partial charge in [-0.3, -0.25) is 0 Å². The zero-order valence-electron chi connectivity index (χ0n) is 10.7. The minimum atomic E-state index is -2.04. The van der Waals surface area contributed by atoms with Gasteiger partial charge >= 0.3 is 116 Å². The molecule has 0 N–H and O–H groups in total. The van der Waals surface area contributed by atoms with E-state index in [4.69, 9.17) is 0 Å². The Morgan fingerprint density at radius 3 is 1.56 bits per heavy atom. The third kappa shape index (κ3) is 2.77. The summed E-state index contributed by atoms with van der Waals surface area (Å²) in [5, 5.41) is 9.48. The molecule has 2 rings (SSSR count). The Morgan fingerprint density at radius 1 is 0.833 bits per heavy atom. The van der Waals surface area contributed by atoms with E-state index < -0.39 is 20.2 Å². The van der Waals surface area contributed by atoms with Crippen LogP contribution >= 0.6 is 0 Å². The summed E-state index contributed by atoms with van der Waals surface area (Å²) in [6.45, 7) is 4.16. The van der Waals surface area contributed by atoms with Gasteiger partial charge in [-0.2, -0.15) is 0 Å². The fraction of sp³-hybridized carbons (Fsp3) is 0.188. The number of rotatable bonds is 3. The van der Waals surface area contributed by atoms with Crippen LogP contribution in [0.15, 0.2) is 60.7 Å². The topological polar surface area (TPSA) is 23.8 Å². The van der Waals surface area contributed by atoms with Crippen LogP contribution < -0.4 is 7.02 Å².